The Morgan fingerprint density at radius 2 is 2.06 bits per heavy atom. The van der Waals surface area contributed by atoms with Crippen LogP contribution in [0.15, 0.2) is 12.1 Å². The highest BCUT2D eigenvalue weighted by Crippen LogP contribution is 2.32. The third-order valence-corrected chi connectivity index (χ3v) is 3.04. The minimum atomic E-state index is -0.647. The summed E-state index contributed by atoms with van der Waals surface area (Å²) < 4.78 is 5.32. The number of carbonyl (C=O) groups excluding carboxylic acids is 2. The van der Waals surface area contributed by atoms with Gasteiger partial charge in [0, 0.05) is 17.1 Å². The summed E-state index contributed by atoms with van der Waals surface area (Å²) in [5.41, 5.74) is 1.64. The number of carbonyl (C=O) groups is 2. The molecule has 0 bridgehead atoms. The van der Waals surface area contributed by atoms with Gasteiger partial charge in [-0.05, 0) is 24.6 Å². The van der Waals surface area contributed by atoms with Crippen LogP contribution in [0.25, 0.3) is 0 Å². The molecule has 18 heavy (non-hydrogen) atoms. The van der Waals surface area contributed by atoms with E-state index < -0.39 is 11.8 Å². The molecule has 1 aromatic rings. The quantitative estimate of drug-likeness (QED) is 0.785. The van der Waals surface area contributed by atoms with E-state index in [1.54, 1.807) is 19.2 Å². The normalized spacial score (nSPS) is 19.2. The van der Waals surface area contributed by atoms with Gasteiger partial charge in [-0.1, -0.05) is 11.6 Å². The summed E-state index contributed by atoms with van der Waals surface area (Å²) in [5, 5.41) is 5.71. The van der Waals surface area contributed by atoms with Crippen molar-refractivity contribution in [2.75, 3.05) is 13.7 Å². The van der Waals surface area contributed by atoms with E-state index in [9.17, 15) is 9.59 Å². The maximum atomic E-state index is 11.4. The molecular weight excluding hydrogens is 256 g/mol. The van der Waals surface area contributed by atoms with Crippen LogP contribution in [-0.4, -0.2) is 25.5 Å². The van der Waals surface area contributed by atoms with Crippen LogP contribution in [0.1, 0.15) is 17.2 Å². The Balaban J connectivity index is 2.38. The molecule has 1 saturated heterocycles. The molecule has 0 aromatic heterocycles. The fraction of sp³-hybridized carbons (Fsp3) is 0.333. The summed E-state index contributed by atoms with van der Waals surface area (Å²) in [4.78, 5) is 22.4. The van der Waals surface area contributed by atoms with Crippen LogP contribution in [0, 0.1) is 6.92 Å². The first-order valence-corrected chi connectivity index (χ1v) is 5.83. The molecular formula is C12H13ClN2O3. The maximum Gasteiger partial charge on any atom is 0.309 e. The number of amides is 2. The fourth-order valence-corrected chi connectivity index (χ4v) is 2.31. The first-order valence-electron chi connectivity index (χ1n) is 5.45. The van der Waals surface area contributed by atoms with Gasteiger partial charge in [-0.25, -0.2) is 0 Å². The molecule has 5 nitrogen and oxygen atoms in total. The Morgan fingerprint density at radius 1 is 1.33 bits per heavy atom. The van der Waals surface area contributed by atoms with Crippen LogP contribution in [0.3, 0.4) is 0 Å². The van der Waals surface area contributed by atoms with Gasteiger partial charge in [0.25, 0.3) is 0 Å². The highest BCUT2D eigenvalue weighted by atomic mass is 35.5. The summed E-state index contributed by atoms with van der Waals surface area (Å²) in [7, 11) is 1.56. The molecule has 0 radical (unpaired) electrons. The van der Waals surface area contributed by atoms with E-state index in [4.69, 9.17) is 16.3 Å². The monoisotopic (exact) mass is 268 g/mol. The average Bonchev–Trinajstić information content (AvgIpc) is 2.32. The number of nitrogens with one attached hydrogen (secondary N) is 2. The minimum Gasteiger partial charge on any atom is -0.496 e. The van der Waals surface area contributed by atoms with Gasteiger partial charge < -0.3 is 15.4 Å². The molecule has 0 saturated carbocycles. The first-order chi connectivity index (χ1) is 8.52. The van der Waals surface area contributed by atoms with Gasteiger partial charge in [0.15, 0.2) is 0 Å². The summed E-state index contributed by atoms with van der Waals surface area (Å²) in [5.74, 6) is -0.601. The molecule has 1 aromatic carbocycles. The summed E-state index contributed by atoms with van der Waals surface area (Å²) in [6.45, 7) is 2.19. The zero-order valence-corrected chi connectivity index (χ0v) is 10.8. The number of halogens is 1. The Bertz CT molecular complexity index is 516. The minimum absolute atomic E-state index is 0.320. The van der Waals surface area contributed by atoms with Crippen molar-refractivity contribution in [1.82, 2.24) is 10.6 Å². The van der Waals surface area contributed by atoms with E-state index in [0.717, 1.165) is 11.1 Å². The lowest BCUT2D eigenvalue weighted by Gasteiger charge is -2.26. The van der Waals surface area contributed by atoms with E-state index in [-0.39, 0.29) is 6.04 Å². The number of hydrogen-bond donors (Lipinski definition) is 2. The van der Waals surface area contributed by atoms with Crippen LogP contribution in [0.5, 0.6) is 5.75 Å². The second-order valence-electron chi connectivity index (χ2n) is 4.08. The van der Waals surface area contributed by atoms with Crippen LogP contribution in [0.4, 0.5) is 0 Å². The van der Waals surface area contributed by atoms with Crippen molar-refractivity contribution in [2.45, 2.75) is 13.0 Å². The number of ether oxygens (including phenoxy) is 1. The predicted molar refractivity (Wildman–Crippen MR) is 66.6 cm³/mol. The van der Waals surface area contributed by atoms with Crippen molar-refractivity contribution in [3.05, 3.63) is 28.3 Å². The Labute approximate surface area is 109 Å². The second kappa shape index (κ2) is 4.86. The molecule has 0 aliphatic carbocycles. The Morgan fingerprint density at radius 3 is 2.67 bits per heavy atom. The van der Waals surface area contributed by atoms with Crippen molar-refractivity contribution < 1.29 is 14.3 Å². The highest BCUT2D eigenvalue weighted by Gasteiger charge is 2.28. The molecule has 2 amide bonds. The number of piperazine rings is 1. The standard InChI is InChI=1S/C12H13ClN2O3/c1-6-3-7(13)4-8(10(6)18-2)9-5-14-11(16)12(17)15-9/h3-4,9H,5H2,1-2H3,(H,14,16)(H,15,17). The third-order valence-electron chi connectivity index (χ3n) is 2.83. The van der Waals surface area contributed by atoms with Gasteiger partial charge in [0.05, 0.1) is 13.2 Å². The summed E-state index contributed by atoms with van der Waals surface area (Å²) in [6, 6.07) is 3.19. The van der Waals surface area contributed by atoms with E-state index in [2.05, 4.69) is 10.6 Å². The van der Waals surface area contributed by atoms with Crippen LogP contribution >= 0.6 is 11.6 Å². The molecule has 1 aliphatic heterocycles. The molecule has 1 aliphatic rings. The topological polar surface area (TPSA) is 67.4 Å². The van der Waals surface area contributed by atoms with Gasteiger partial charge in [-0.3, -0.25) is 9.59 Å². The molecule has 0 spiro atoms. The largest absolute Gasteiger partial charge is 0.496 e. The molecule has 1 atom stereocenters. The maximum absolute atomic E-state index is 11.4. The van der Waals surface area contributed by atoms with E-state index in [1.165, 1.54) is 0 Å². The van der Waals surface area contributed by atoms with Gasteiger partial charge >= 0.3 is 11.8 Å². The fourth-order valence-electron chi connectivity index (χ4n) is 2.03. The molecule has 1 unspecified atom stereocenters. The lowest BCUT2D eigenvalue weighted by Crippen LogP contribution is -2.51. The summed E-state index contributed by atoms with van der Waals surface area (Å²) >= 11 is 6.01. The lowest BCUT2D eigenvalue weighted by molar-refractivity contribution is -0.141. The van der Waals surface area contributed by atoms with Crippen molar-refractivity contribution in [2.24, 2.45) is 0 Å². The van der Waals surface area contributed by atoms with Crippen molar-refractivity contribution in [1.29, 1.82) is 0 Å². The first kappa shape index (κ1) is 12.7. The van der Waals surface area contributed by atoms with Crippen molar-refractivity contribution >= 4 is 23.4 Å². The zero-order chi connectivity index (χ0) is 13.3. The van der Waals surface area contributed by atoms with Gasteiger partial charge in [0.2, 0.25) is 0 Å². The number of benzene rings is 1. The SMILES string of the molecule is COc1c(C)cc(Cl)cc1C1CNC(=O)C(=O)N1. The van der Waals surface area contributed by atoms with Crippen molar-refractivity contribution in [3.8, 4) is 5.75 Å². The van der Waals surface area contributed by atoms with Crippen LogP contribution in [0.2, 0.25) is 5.02 Å². The molecule has 2 rings (SSSR count). The second-order valence-corrected chi connectivity index (χ2v) is 4.52. The predicted octanol–water partition coefficient (Wildman–Crippen LogP) is 0.944. The van der Waals surface area contributed by atoms with Gasteiger partial charge in [-0.15, -0.1) is 0 Å². The average molecular weight is 269 g/mol. The third kappa shape index (κ3) is 2.26. The molecule has 1 heterocycles. The van der Waals surface area contributed by atoms with Gasteiger partial charge in [-0.2, -0.15) is 0 Å². The Hall–Kier alpha value is -1.75. The number of rotatable bonds is 2. The molecule has 2 N–H and O–H groups in total. The number of methoxy groups -OCH3 is 1. The number of aryl methyl sites for hydroxylation is 1. The van der Waals surface area contributed by atoms with Crippen LogP contribution in [-0.2, 0) is 9.59 Å². The van der Waals surface area contributed by atoms with E-state index in [0.29, 0.717) is 17.3 Å². The lowest BCUT2D eigenvalue weighted by atomic mass is 10.0. The zero-order valence-electron chi connectivity index (χ0n) is 10.0. The number of hydrogen-bond acceptors (Lipinski definition) is 3. The van der Waals surface area contributed by atoms with E-state index in [1.807, 2.05) is 6.92 Å². The molecule has 6 heteroatoms. The van der Waals surface area contributed by atoms with E-state index >= 15 is 0 Å². The molecule has 96 valence electrons. The van der Waals surface area contributed by atoms with Gasteiger partial charge in [0.1, 0.15) is 5.75 Å². The molecule has 1 fully saturated rings. The summed E-state index contributed by atoms with van der Waals surface area (Å²) in [6.07, 6.45) is 0. The van der Waals surface area contributed by atoms with Crippen molar-refractivity contribution in [3.63, 3.8) is 0 Å². The van der Waals surface area contributed by atoms with Crippen LogP contribution < -0.4 is 15.4 Å². The Kier molecular flexibility index (Phi) is 3.43. The highest BCUT2D eigenvalue weighted by molar-refractivity contribution is 6.35. The smallest absolute Gasteiger partial charge is 0.309 e.